The third-order valence-corrected chi connectivity index (χ3v) is 6.54. The van der Waals surface area contributed by atoms with Gasteiger partial charge in [-0.05, 0) is 49.4 Å². The van der Waals surface area contributed by atoms with Crippen LogP contribution in [0.25, 0.3) is 32.7 Å². The number of benzene rings is 1. The van der Waals surface area contributed by atoms with Gasteiger partial charge in [0.25, 0.3) is 5.56 Å². The Labute approximate surface area is 184 Å². The molecule has 31 heavy (non-hydrogen) atoms. The van der Waals surface area contributed by atoms with Gasteiger partial charge >= 0.3 is 0 Å². The lowest BCUT2D eigenvalue weighted by molar-refractivity contribution is 0.261. The average Bonchev–Trinajstić information content (AvgIpc) is 3.30. The molecule has 0 radical (unpaired) electrons. The van der Waals surface area contributed by atoms with Crippen molar-refractivity contribution < 1.29 is 4.74 Å². The van der Waals surface area contributed by atoms with Crippen molar-refractivity contribution in [1.29, 1.82) is 0 Å². The molecule has 0 amide bonds. The summed E-state index contributed by atoms with van der Waals surface area (Å²) < 4.78 is 5.90. The van der Waals surface area contributed by atoms with E-state index in [0.717, 1.165) is 34.4 Å². The first-order valence-corrected chi connectivity index (χ1v) is 11.5. The van der Waals surface area contributed by atoms with Crippen molar-refractivity contribution in [3.63, 3.8) is 0 Å². The number of aromatic amines is 1. The van der Waals surface area contributed by atoms with E-state index in [1.165, 1.54) is 30.6 Å². The van der Waals surface area contributed by atoms with Crippen LogP contribution in [0.5, 0.6) is 5.88 Å². The topological polar surface area (TPSA) is 79.9 Å². The fraction of sp³-hybridized carbons (Fsp3) is 0.292. The smallest absolute Gasteiger partial charge is 0.257 e. The number of para-hydroxylation sites is 1. The lowest BCUT2D eigenvalue weighted by Crippen LogP contribution is -2.35. The predicted octanol–water partition coefficient (Wildman–Crippen LogP) is 4.62. The van der Waals surface area contributed by atoms with Crippen LogP contribution in [0.4, 0.5) is 0 Å². The van der Waals surface area contributed by atoms with Crippen LogP contribution in [0.15, 0.2) is 58.8 Å². The predicted molar refractivity (Wildman–Crippen MR) is 125 cm³/mol. The number of thiazole rings is 1. The van der Waals surface area contributed by atoms with Crippen molar-refractivity contribution in [3.05, 3.63) is 64.4 Å². The number of piperidine rings is 1. The number of pyridine rings is 2. The summed E-state index contributed by atoms with van der Waals surface area (Å²) in [6, 6.07) is 14.0. The van der Waals surface area contributed by atoms with E-state index >= 15 is 0 Å². The number of aromatic nitrogens is 3. The Morgan fingerprint density at radius 1 is 1.16 bits per heavy atom. The minimum absolute atomic E-state index is 0.134. The number of nitrogens with zero attached hydrogens (tertiary/aromatic N) is 2. The summed E-state index contributed by atoms with van der Waals surface area (Å²) in [4.78, 5) is 24.6. The number of hydrogen-bond acceptors (Lipinski definition) is 6. The van der Waals surface area contributed by atoms with Gasteiger partial charge in [-0.25, -0.2) is 9.97 Å². The van der Waals surface area contributed by atoms with Crippen LogP contribution in [0.1, 0.15) is 25.7 Å². The normalized spacial score (nSPS) is 16.5. The first-order chi connectivity index (χ1) is 15.3. The summed E-state index contributed by atoms with van der Waals surface area (Å²) in [5, 5.41) is 7.28. The maximum atomic E-state index is 12.6. The molecule has 5 rings (SSSR count). The molecule has 1 fully saturated rings. The van der Waals surface area contributed by atoms with Gasteiger partial charge in [-0.2, -0.15) is 0 Å². The molecular weight excluding hydrogens is 408 g/mol. The molecule has 1 atom stereocenters. The quantitative estimate of drug-likeness (QED) is 0.465. The zero-order chi connectivity index (χ0) is 21.0. The Morgan fingerprint density at radius 2 is 2.10 bits per heavy atom. The van der Waals surface area contributed by atoms with Crippen LogP contribution < -0.4 is 15.6 Å². The minimum atomic E-state index is -0.134. The van der Waals surface area contributed by atoms with Crippen molar-refractivity contribution in [1.82, 2.24) is 20.3 Å². The van der Waals surface area contributed by atoms with E-state index in [-0.39, 0.29) is 5.56 Å². The molecule has 158 valence electrons. The number of hydrogen-bond donors (Lipinski definition) is 2. The summed E-state index contributed by atoms with van der Waals surface area (Å²) in [5.41, 5.74) is 2.88. The zero-order valence-electron chi connectivity index (χ0n) is 17.1. The molecule has 3 aromatic heterocycles. The highest BCUT2D eigenvalue weighted by Gasteiger charge is 2.14. The highest BCUT2D eigenvalue weighted by Crippen LogP contribution is 2.29. The molecule has 1 aromatic carbocycles. The van der Waals surface area contributed by atoms with Gasteiger partial charge in [0.2, 0.25) is 5.88 Å². The number of rotatable bonds is 6. The van der Waals surface area contributed by atoms with Crippen molar-refractivity contribution in [3.8, 4) is 27.7 Å². The third-order valence-electron chi connectivity index (χ3n) is 5.64. The summed E-state index contributed by atoms with van der Waals surface area (Å²) in [7, 11) is 0. The molecule has 7 heteroatoms. The standard InChI is InChI=1S/C24H24N4O2S/c29-23-19(13-16-5-1-2-7-20(16)27-23)21-15-31-24(28-21)17-8-11-26-22(14-17)30-12-9-18-6-3-4-10-25-18/h1-2,5,7-8,11,13-15,18,25H,3-4,6,9-10,12H2,(H,27,29). The fourth-order valence-electron chi connectivity index (χ4n) is 3.97. The Kier molecular flexibility index (Phi) is 5.78. The van der Waals surface area contributed by atoms with E-state index in [1.807, 2.05) is 47.8 Å². The molecule has 1 unspecified atom stereocenters. The lowest BCUT2D eigenvalue weighted by Gasteiger charge is -2.23. The Balaban J connectivity index is 1.32. The van der Waals surface area contributed by atoms with Crippen molar-refractivity contribution in [2.24, 2.45) is 0 Å². The Morgan fingerprint density at radius 3 is 3.00 bits per heavy atom. The monoisotopic (exact) mass is 432 g/mol. The second-order valence-corrected chi connectivity index (χ2v) is 8.66. The lowest BCUT2D eigenvalue weighted by atomic mass is 10.0. The van der Waals surface area contributed by atoms with Crippen LogP contribution in [0.3, 0.4) is 0 Å². The van der Waals surface area contributed by atoms with Gasteiger partial charge in [0.1, 0.15) is 5.01 Å². The molecule has 2 N–H and O–H groups in total. The van der Waals surface area contributed by atoms with Gasteiger partial charge in [-0.15, -0.1) is 11.3 Å². The van der Waals surface area contributed by atoms with E-state index in [0.29, 0.717) is 29.8 Å². The highest BCUT2D eigenvalue weighted by atomic mass is 32.1. The van der Waals surface area contributed by atoms with Gasteiger partial charge in [-0.3, -0.25) is 4.79 Å². The number of fused-ring (bicyclic) bond motifs is 1. The van der Waals surface area contributed by atoms with E-state index < -0.39 is 0 Å². The van der Waals surface area contributed by atoms with E-state index in [2.05, 4.69) is 15.3 Å². The largest absolute Gasteiger partial charge is 0.478 e. The van der Waals surface area contributed by atoms with Crippen molar-refractivity contribution >= 4 is 22.2 Å². The van der Waals surface area contributed by atoms with Crippen LogP contribution in [-0.2, 0) is 0 Å². The van der Waals surface area contributed by atoms with Crippen LogP contribution >= 0.6 is 11.3 Å². The SMILES string of the molecule is O=c1[nH]c2ccccc2cc1-c1csc(-c2ccnc(OCCC3CCCCN3)c2)n1. The molecule has 1 aliphatic heterocycles. The van der Waals surface area contributed by atoms with E-state index in [9.17, 15) is 4.79 Å². The van der Waals surface area contributed by atoms with Crippen LogP contribution in [-0.4, -0.2) is 34.1 Å². The summed E-state index contributed by atoms with van der Waals surface area (Å²) in [5.74, 6) is 0.605. The van der Waals surface area contributed by atoms with Crippen molar-refractivity contribution in [2.75, 3.05) is 13.2 Å². The fourth-order valence-corrected chi connectivity index (χ4v) is 4.78. The van der Waals surface area contributed by atoms with Crippen molar-refractivity contribution in [2.45, 2.75) is 31.7 Å². The number of nitrogens with one attached hydrogen (secondary N) is 2. The zero-order valence-corrected chi connectivity index (χ0v) is 18.0. The van der Waals surface area contributed by atoms with Crippen LogP contribution in [0.2, 0.25) is 0 Å². The maximum Gasteiger partial charge on any atom is 0.257 e. The second-order valence-electron chi connectivity index (χ2n) is 7.80. The maximum absolute atomic E-state index is 12.6. The number of ether oxygens (including phenoxy) is 1. The number of H-pyrrole nitrogens is 1. The Bertz CT molecular complexity index is 1240. The first kappa shape index (κ1) is 19.9. The van der Waals surface area contributed by atoms with Gasteiger partial charge in [-0.1, -0.05) is 24.6 Å². The van der Waals surface area contributed by atoms with Gasteiger partial charge < -0.3 is 15.0 Å². The van der Waals surface area contributed by atoms with Gasteiger partial charge in [0, 0.05) is 34.8 Å². The molecule has 0 bridgehead atoms. The molecule has 6 nitrogen and oxygen atoms in total. The molecular formula is C24H24N4O2S. The van der Waals surface area contributed by atoms with E-state index in [4.69, 9.17) is 9.72 Å². The second kappa shape index (κ2) is 8.99. The summed E-state index contributed by atoms with van der Waals surface area (Å²) in [6.07, 6.45) is 6.50. The summed E-state index contributed by atoms with van der Waals surface area (Å²) in [6.45, 7) is 1.74. The van der Waals surface area contributed by atoms with Gasteiger partial charge in [0.05, 0.1) is 17.9 Å². The molecule has 1 saturated heterocycles. The molecule has 4 aromatic rings. The third kappa shape index (κ3) is 4.52. The molecule has 4 heterocycles. The minimum Gasteiger partial charge on any atom is -0.478 e. The molecule has 1 aliphatic rings. The summed E-state index contributed by atoms with van der Waals surface area (Å²) >= 11 is 1.51. The van der Waals surface area contributed by atoms with E-state index in [1.54, 1.807) is 6.20 Å². The molecule has 0 spiro atoms. The first-order valence-electron chi connectivity index (χ1n) is 10.7. The average molecular weight is 433 g/mol. The highest BCUT2D eigenvalue weighted by molar-refractivity contribution is 7.13. The molecule has 0 aliphatic carbocycles. The van der Waals surface area contributed by atoms with Crippen LogP contribution in [0, 0.1) is 0 Å². The molecule has 0 saturated carbocycles. The Hall–Kier alpha value is -3.03. The van der Waals surface area contributed by atoms with Gasteiger partial charge in [0.15, 0.2) is 0 Å².